The van der Waals surface area contributed by atoms with Crippen molar-refractivity contribution in [3.8, 4) is 0 Å². The minimum atomic E-state index is -1.12. The van der Waals surface area contributed by atoms with Gasteiger partial charge >= 0.3 is 0 Å². The number of hydrogen-bond donors (Lipinski definition) is 3. The van der Waals surface area contributed by atoms with Gasteiger partial charge in [-0.3, -0.25) is 4.57 Å². The van der Waals surface area contributed by atoms with Gasteiger partial charge in [-0.25, -0.2) is 15.0 Å². The average Bonchev–Trinajstić information content (AvgIpc) is 2.83. The quantitative estimate of drug-likeness (QED) is 0.615. The molecule has 0 aromatic carbocycles. The van der Waals surface area contributed by atoms with Gasteiger partial charge in [0.15, 0.2) is 23.2 Å². The molecule has 0 radical (unpaired) electrons. The first kappa shape index (κ1) is 12.5. The zero-order valence-corrected chi connectivity index (χ0v) is 10.7. The number of halogens is 1. The van der Waals surface area contributed by atoms with Gasteiger partial charge in [0, 0.05) is 0 Å². The molecule has 0 bridgehead atoms. The molecule has 1 aliphatic rings. The summed E-state index contributed by atoms with van der Waals surface area (Å²) in [5, 5.41) is 19.8. The zero-order chi connectivity index (χ0) is 13.7. The lowest BCUT2D eigenvalue weighted by Crippen LogP contribution is -2.30. The first-order valence-electron chi connectivity index (χ1n) is 5.66. The summed E-state index contributed by atoms with van der Waals surface area (Å²) in [6.07, 6.45) is -2.24. The Labute approximate surface area is 112 Å². The molecule has 4 N–H and O–H groups in total. The maximum atomic E-state index is 10.00. The molecule has 0 aliphatic carbocycles. The molecule has 0 amide bonds. The Morgan fingerprint density at radius 2 is 2.11 bits per heavy atom. The van der Waals surface area contributed by atoms with Crippen molar-refractivity contribution < 1.29 is 14.9 Å². The first-order chi connectivity index (χ1) is 9.00. The number of fused-ring (bicyclic) bond motifs is 1. The van der Waals surface area contributed by atoms with Crippen LogP contribution in [0, 0.1) is 0 Å². The number of aliphatic hydroxyl groups is 2. The smallest absolute Gasteiger partial charge is 0.207 e. The molecule has 1 fully saturated rings. The summed E-state index contributed by atoms with van der Waals surface area (Å²) >= 11 is 6.04. The molecule has 2 aromatic heterocycles. The highest BCUT2D eigenvalue weighted by atomic mass is 35.5. The fourth-order valence-electron chi connectivity index (χ4n) is 2.17. The molecular weight excluding hydrogens is 274 g/mol. The SMILES string of the molecule is C[C@H]1O[C@@H](n2c(Cl)nc3c(N)ncnc32)[C@@H](O)[C@H]1O. The van der Waals surface area contributed by atoms with Gasteiger partial charge in [0.2, 0.25) is 5.28 Å². The highest BCUT2D eigenvalue weighted by molar-refractivity contribution is 6.29. The van der Waals surface area contributed by atoms with E-state index in [1.807, 2.05) is 0 Å². The third-order valence-electron chi connectivity index (χ3n) is 3.19. The molecule has 2 aromatic rings. The Balaban J connectivity index is 2.16. The minimum absolute atomic E-state index is 0.0625. The van der Waals surface area contributed by atoms with Gasteiger partial charge in [-0.05, 0) is 18.5 Å². The molecular formula is C10H12ClN5O3. The van der Waals surface area contributed by atoms with Gasteiger partial charge < -0.3 is 20.7 Å². The van der Waals surface area contributed by atoms with Crippen LogP contribution in [0.15, 0.2) is 6.33 Å². The van der Waals surface area contributed by atoms with Gasteiger partial charge in [-0.2, -0.15) is 0 Å². The number of anilines is 1. The van der Waals surface area contributed by atoms with Crippen LogP contribution in [0.2, 0.25) is 5.28 Å². The zero-order valence-electron chi connectivity index (χ0n) is 9.93. The van der Waals surface area contributed by atoms with Crippen LogP contribution < -0.4 is 5.73 Å². The number of nitrogen functional groups attached to an aromatic ring is 1. The van der Waals surface area contributed by atoms with E-state index in [1.54, 1.807) is 6.92 Å². The Kier molecular flexibility index (Phi) is 2.82. The number of nitrogens with two attached hydrogens (primary N) is 1. The van der Waals surface area contributed by atoms with Crippen molar-refractivity contribution in [2.24, 2.45) is 0 Å². The van der Waals surface area contributed by atoms with Crippen molar-refractivity contribution in [3.63, 3.8) is 0 Å². The predicted molar refractivity (Wildman–Crippen MR) is 66.3 cm³/mol. The molecule has 0 spiro atoms. The number of aromatic nitrogens is 4. The minimum Gasteiger partial charge on any atom is -0.388 e. The van der Waals surface area contributed by atoms with Crippen molar-refractivity contribution in [2.75, 3.05) is 5.73 Å². The van der Waals surface area contributed by atoms with E-state index in [9.17, 15) is 10.2 Å². The van der Waals surface area contributed by atoms with Crippen molar-refractivity contribution >= 4 is 28.6 Å². The highest BCUT2D eigenvalue weighted by Crippen LogP contribution is 2.34. The van der Waals surface area contributed by atoms with E-state index in [0.717, 1.165) is 0 Å². The molecule has 9 heteroatoms. The van der Waals surface area contributed by atoms with E-state index < -0.39 is 24.5 Å². The lowest BCUT2D eigenvalue weighted by atomic mass is 10.1. The standard InChI is InChI=1S/C10H12ClN5O3/c1-3-5(17)6(18)9(19-3)16-8-4(15-10(16)11)7(12)13-2-14-8/h2-3,5-6,9,17-18H,1H3,(H2,12,13,14)/t3-,5+,6+,9-/m1/s1. The molecule has 4 atom stereocenters. The van der Waals surface area contributed by atoms with Crippen LogP contribution in [-0.4, -0.2) is 48.0 Å². The molecule has 3 heterocycles. The van der Waals surface area contributed by atoms with Crippen LogP contribution in [-0.2, 0) is 4.74 Å². The highest BCUT2D eigenvalue weighted by Gasteiger charge is 2.43. The van der Waals surface area contributed by atoms with Crippen LogP contribution in [0.3, 0.4) is 0 Å². The maximum Gasteiger partial charge on any atom is 0.207 e. The van der Waals surface area contributed by atoms with Crippen LogP contribution in [0.25, 0.3) is 11.2 Å². The van der Waals surface area contributed by atoms with Crippen molar-refractivity contribution in [1.29, 1.82) is 0 Å². The summed E-state index contributed by atoms with van der Waals surface area (Å²) in [7, 11) is 0. The van der Waals surface area contributed by atoms with E-state index in [4.69, 9.17) is 22.1 Å². The summed E-state index contributed by atoms with van der Waals surface area (Å²) < 4.78 is 6.89. The second-order valence-corrected chi connectivity index (χ2v) is 4.73. The Hall–Kier alpha value is -1.48. The summed E-state index contributed by atoms with van der Waals surface area (Å²) in [4.78, 5) is 11.9. The second kappa shape index (κ2) is 4.27. The van der Waals surface area contributed by atoms with E-state index in [-0.39, 0.29) is 11.1 Å². The number of aliphatic hydroxyl groups excluding tert-OH is 2. The van der Waals surface area contributed by atoms with Crippen molar-refractivity contribution in [3.05, 3.63) is 11.6 Å². The average molecular weight is 286 g/mol. The van der Waals surface area contributed by atoms with Gasteiger partial charge in [0.25, 0.3) is 0 Å². The van der Waals surface area contributed by atoms with E-state index in [0.29, 0.717) is 11.2 Å². The van der Waals surface area contributed by atoms with Crippen LogP contribution >= 0.6 is 11.6 Å². The first-order valence-corrected chi connectivity index (χ1v) is 6.04. The third-order valence-corrected chi connectivity index (χ3v) is 3.46. The van der Waals surface area contributed by atoms with Crippen molar-refractivity contribution in [1.82, 2.24) is 19.5 Å². The van der Waals surface area contributed by atoms with Gasteiger partial charge in [0.05, 0.1) is 6.10 Å². The van der Waals surface area contributed by atoms with E-state index in [1.165, 1.54) is 10.9 Å². The van der Waals surface area contributed by atoms with Gasteiger partial charge in [-0.15, -0.1) is 0 Å². The van der Waals surface area contributed by atoms with E-state index in [2.05, 4.69) is 15.0 Å². The predicted octanol–water partition coefficient (Wildman–Crippen LogP) is -0.299. The lowest BCUT2D eigenvalue weighted by Gasteiger charge is -2.17. The summed E-state index contributed by atoms with van der Waals surface area (Å²) in [5.74, 6) is 0.187. The lowest BCUT2D eigenvalue weighted by molar-refractivity contribution is -0.0297. The Morgan fingerprint density at radius 3 is 2.74 bits per heavy atom. The fraction of sp³-hybridized carbons (Fsp3) is 0.500. The van der Waals surface area contributed by atoms with Gasteiger partial charge in [-0.1, -0.05) is 0 Å². The monoisotopic (exact) mass is 285 g/mol. The second-order valence-electron chi connectivity index (χ2n) is 4.39. The van der Waals surface area contributed by atoms with Crippen LogP contribution in [0.5, 0.6) is 0 Å². The topological polar surface area (TPSA) is 119 Å². The molecule has 19 heavy (non-hydrogen) atoms. The molecule has 0 saturated carbocycles. The number of ether oxygens (including phenoxy) is 1. The summed E-state index contributed by atoms with van der Waals surface area (Å²) in [5.41, 5.74) is 6.37. The molecule has 1 aliphatic heterocycles. The largest absolute Gasteiger partial charge is 0.388 e. The summed E-state index contributed by atoms with van der Waals surface area (Å²) in [6.45, 7) is 1.66. The van der Waals surface area contributed by atoms with Crippen LogP contribution in [0.1, 0.15) is 13.2 Å². The van der Waals surface area contributed by atoms with E-state index >= 15 is 0 Å². The Bertz CT molecular complexity index is 633. The maximum absolute atomic E-state index is 10.00. The molecule has 1 saturated heterocycles. The number of imidazole rings is 1. The number of rotatable bonds is 1. The van der Waals surface area contributed by atoms with Gasteiger partial charge in [0.1, 0.15) is 18.5 Å². The molecule has 0 unspecified atom stereocenters. The Morgan fingerprint density at radius 1 is 1.37 bits per heavy atom. The number of hydrogen-bond acceptors (Lipinski definition) is 7. The normalized spacial score (nSPS) is 31.2. The molecule has 8 nitrogen and oxygen atoms in total. The van der Waals surface area contributed by atoms with Crippen molar-refractivity contribution in [2.45, 2.75) is 31.5 Å². The fourth-order valence-corrected chi connectivity index (χ4v) is 2.43. The molecule has 102 valence electrons. The number of nitrogens with zero attached hydrogens (tertiary/aromatic N) is 4. The molecule has 3 rings (SSSR count). The summed E-state index contributed by atoms with van der Waals surface area (Å²) in [6, 6.07) is 0. The van der Waals surface area contributed by atoms with Crippen LogP contribution in [0.4, 0.5) is 5.82 Å². The third kappa shape index (κ3) is 1.76.